The summed E-state index contributed by atoms with van der Waals surface area (Å²) >= 11 is 0. The van der Waals surface area contributed by atoms with Gasteiger partial charge in [-0.2, -0.15) is 0 Å². The molecule has 16 heavy (non-hydrogen) atoms. The van der Waals surface area contributed by atoms with Crippen LogP contribution in [0.4, 0.5) is 4.79 Å². The molecule has 1 saturated heterocycles. The first-order valence-electron chi connectivity index (χ1n) is 5.17. The zero-order valence-electron chi connectivity index (χ0n) is 9.77. The zero-order chi connectivity index (χ0) is 12.3. The highest BCUT2D eigenvalue weighted by atomic mass is 16.6. The maximum absolute atomic E-state index is 11.5. The van der Waals surface area contributed by atoms with Crippen LogP contribution >= 0.6 is 0 Å². The minimum atomic E-state index is -0.962. The number of nitrogens with zero attached hydrogens (tertiary/aromatic N) is 1. The van der Waals surface area contributed by atoms with E-state index in [2.05, 4.69) is 0 Å². The highest BCUT2D eigenvalue weighted by Crippen LogP contribution is 2.20. The molecule has 0 aromatic rings. The monoisotopic (exact) mass is 227 g/mol. The smallest absolute Gasteiger partial charge is 0.410 e. The first-order chi connectivity index (χ1) is 7.28. The molecule has 90 valence electrons. The van der Waals surface area contributed by atoms with E-state index in [1.54, 1.807) is 11.0 Å². The molecule has 5 heteroatoms. The van der Waals surface area contributed by atoms with Crippen molar-refractivity contribution >= 4 is 12.1 Å². The fraction of sp³-hybridized carbons (Fsp3) is 0.636. The number of carbonyl (C=O) groups excluding carboxylic acids is 1. The van der Waals surface area contributed by atoms with Crippen molar-refractivity contribution < 1.29 is 19.4 Å². The van der Waals surface area contributed by atoms with Crippen LogP contribution in [0.3, 0.4) is 0 Å². The van der Waals surface area contributed by atoms with Gasteiger partial charge in [0, 0.05) is 25.1 Å². The number of aliphatic carboxylic acids is 1. The molecule has 0 radical (unpaired) electrons. The molecule has 1 fully saturated rings. The van der Waals surface area contributed by atoms with Gasteiger partial charge in [-0.3, -0.25) is 0 Å². The average molecular weight is 227 g/mol. The van der Waals surface area contributed by atoms with Crippen LogP contribution in [0.2, 0.25) is 0 Å². The van der Waals surface area contributed by atoms with Crippen LogP contribution < -0.4 is 0 Å². The average Bonchev–Trinajstić information content (AvgIpc) is 1.96. The Hall–Kier alpha value is -1.52. The summed E-state index contributed by atoms with van der Waals surface area (Å²) in [4.78, 5) is 23.3. The second-order valence-electron chi connectivity index (χ2n) is 4.84. The van der Waals surface area contributed by atoms with Crippen molar-refractivity contribution in [3.8, 4) is 0 Å². The molecule has 0 aliphatic carbocycles. The van der Waals surface area contributed by atoms with E-state index in [1.807, 2.05) is 20.8 Å². The quantitative estimate of drug-likeness (QED) is 0.726. The summed E-state index contributed by atoms with van der Waals surface area (Å²) in [5, 5.41) is 8.42. The zero-order valence-corrected chi connectivity index (χ0v) is 9.77. The Morgan fingerprint density at radius 1 is 1.38 bits per heavy atom. The van der Waals surface area contributed by atoms with Crippen LogP contribution in [-0.4, -0.2) is 40.8 Å². The molecule has 1 aliphatic rings. The molecule has 1 N–H and O–H groups in total. The molecule has 0 aromatic heterocycles. The van der Waals surface area contributed by atoms with E-state index in [9.17, 15) is 9.59 Å². The number of likely N-dealkylation sites (tertiary alicyclic amines) is 1. The summed E-state index contributed by atoms with van der Waals surface area (Å²) in [5.41, 5.74) is -0.487. The summed E-state index contributed by atoms with van der Waals surface area (Å²) in [6.07, 6.45) is 2.37. The van der Waals surface area contributed by atoms with Gasteiger partial charge in [-0.1, -0.05) is 6.08 Å². The molecule has 1 heterocycles. The van der Waals surface area contributed by atoms with Gasteiger partial charge in [-0.15, -0.1) is 0 Å². The Morgan fingerprint density at radius 3 is 2.38 bits per heavy atom. The first kappa shape index (κ1) is 12.5. The normalized spacial score (nSPS) is 17.3. The van der Waals surface area contributed by atoms with Gasteiger partial charge in [0.1, 0.15) is 5.60 Å². The van der Waals surface area contributed by atoms with Crippen LogP contribution in [0.5, 0.6) is 0 Å². The van der Waals surface area contributed by atoms with Gasteiger partial charge in [0.05, 0.1) is 0 Å². The third-order valence-electron chi connectivity index (χ3n) is 2.07. The van der Waals surface area contributed by atoms with Crippen LogP contribution in [-0.2, 0) is 9.53 Å². The molecule has 0 unspecified atom stereocenters. The lowest BCUT2D eigenvalue weighted by atomic mass is 10.0. The Morgan fingerprint density at radius 2 is 1.94 bits per heavy atom. The molecule has 5 nitrogen and oxygen atoms in total. The Balaban J connectivity index is 2.31. The van der Waals surface area contributed by atoms with E-state index in [-0.39, 0.29) is 12.0 Å². The van der Waals surface area contributed by atoms with Gasteiger partial charge < -0.3 is 14.7 Å². The topological polar surface area (TPSA) is 66.8 Å². The number of carbonyl (C=O) groups is 2. The van der Waals surface area contributed by atoms with E-state index < -0.39 is 11.6 Å². The molecular formula is C11H17NO4. The summed E-state index contributed by atoms with van der Waals surface area (Å²) in [7, 11) is 0. The number of carboxylic acids is 1. The molecule has 0 bridgehead atoms. The largest absolute Gasteiger partial charge is 0.478 e. The van der Waals surface area contributed by atoms with E-state index in [1.165, 1.54) is 0 Å². The van der Waals surface area contributed by atoms with Crippen LogP contribution in [0.25, 0.3) is 0 Å². The molecule has 0 saturated carbocycles. The Kier molecular flexibility index (Phi) is 3.57. The maximum Gasteiger partial charge on any atom is 0.410 e. The second-order valence-corrected chi connectivity index (χ2v) is 4.84. The summed E-state index contributed by atoms with van der Waals surface area (Å²) in [6, 6.07) is 0. The summed E-state index contributed by atoms with van der Waals surface area (Å²) < 4.78 is 5.16. The number of rotatable bonds is 2. The molecule has 0 atom stereocenters. The number of hydrogen-bond acceptors (Lipinski definition) is 3. The van der Waals surface area contributed by atoms with Gasteiger partial charge in [0.15, 0.2) is 0 Å². The van der Waals surface area contributed by atoms with Crippen LogP contribution in [0, 0.1) is 5.92 Å². The Labute approximate surface area is 94.7 Å². The molecule has 1 aliphatic heterocycles. The number of carboxylic acid groups (broad SMARTS) is 1. The highest BCUT2D eigenvalue weighted by Gasteiger charge is 2.32. The number of ether oxygens (including phenoxy) is 1. The van der Waals surface area contributed by atoms with Crippen molar-refractivity contribution in [2.24, 2.45) is 5.92 Å². The SMILES string of the molecule is CC(C)(C)OC(=O)N1CC(/C=C/C(=O)O)C1. The maximum atomic E-state index is 11.5. The van der Waals surface area contributed by atoms with Crippen molar-refractivity contribution in [2.45, 2.75) is 26.4 Å². The lowest BCUT2D eigenvalue weighted by Gasteiger charge is -2.38. The fourth-order valence-corrected chi connectivity index (χ4v) is 1.33. The molecule has 1 amide bonds. The second kappa shape index (κ2) is 4.55. The van der Waals surface area contributed by atoms with Gasteiger partial charge in [0.25, 0.3) is 0 Å². The van der Waals surface area contributed by atoms with Crippen molar-refractivity contribution in [1.29, 1.82) is 0 Å². The van der Waals surface area contributed by atoms with Crippen LogP contribution in [0.15, 0.2) is 12.2 Å². The summed E-state index contributed by atoms with van der Waals surface area (Å²) in [6.45, 7) is 6.49. The van der Waals surface area contributed by atoms with Crippen molar-refractivity contribution in [2.75, 3.05) is 13.1 Å². The lowest BCUT2D eigenvalue weighted by Crippen LogP contribution is -2.50. The Bertz CT molecular complexity index is 310. The molecule has 1 rings (SSSR count). The fourth-order valence-electron chi connectivity index (χ4n) is 1.33. The molecule has 0 aromatic carbocycles. The molecule has 0 spiro atoms. The lowest BCUT2D eigenvalue weighted by molar-refractivity contribution is -0.131. The minimum Gasteiger partial charge on any atom is -0.478 e. The first-order valence-corrected chi connectivity index (χ1v) is 5.17. The van der Waals surface area contributed by atoms with Gasteiger partial charge in [-0.25, -0.2) is 9.59 Å². The number of amides is 1. The van der Waals surface area contributed by atoms with Gasteiger partial charge in [-0.05, 0) is 20.8 Å². The third kappa shape index (κ3) is 3.92. The van der Waals surface area contributed by atoms with Crippen molar-refractivity contribution in [3.05, 3.63) is 12.2 Å². The number of hydrogen-bond donors (Lipinski definition) is 1. The summed E-state index contributed by atoms with van der Waals surface area (Å²) in [5.74, 6) is -0.834. The van der Waals surface area contributed by atoms with Crippen LogP contribution in [0.1, 0.15) is 20.8 Å². The van der Waals surface area contributed by atoms with Gasteiger partial charge in [0.2, 0.25) is 0 Å². The predicted molar refractivity (Wildman–Crippen MR) is 58.1 cm³/mol. The predicted octanol–water partition coefficient (Wildman–Crippen LogP) is 1.49. The van der Waals surface area contributed by atoms with E-state index in [4.69, 9.17) is 9.84 Å². The van der Waals surface area contributed by atoms with Crippen molar-refractivity contribution in [1.82, 2.24) is 4.90 Å². The van der Waals surface area contributed by atoms with Crippen molar-refractivity contribution in [3.63, 3.8) is 0 Å². The molecular weight excluding hydrogens is 210 g/mol. The van der Waals surface area contributed by atoms with E-state index >= 15 is 0 Å². The highest BCUT2D eigenvalue weighted by molar-refractivity contribution is 5.79. The standard InChI is InChI=1S/C11H17NO4/c1-11(2,3)16-10(15)12-6-8(7-12)4-5-9(13)14/h4-5,8H,6-7H2,1-3H3,(H,13,14)/b5-4+. The van der Waals surface area contributed by atoms with Gasteiger partial charge >= 0.3 is 12.1 Å². The minimum absolute atomic E-state index is 0.128. The van der Waals surface area contributed by atoms with E-state index in [0.717, 1.165) is 6.08 Å². The third-order valence-corrected chi connectivity index (χ3v) is 2.07. The van der Waals surface area contributed by atoms with E-state index in [0.29, 0.717) is 13.1 Å².